The lowest BCUT2D eigenvalue weighted by Crippen LogP contribution is -2.24. The summed E-state index contributed by atoms with van der Waals surface area (Å²) in [5.74, 6) is -0.159. The molecule has 0 aliphatic heterocycles. The number of hydrogen-bond donors (Lipinski definition) is 1. The van der Waals surface area contributed by atoms with Gasteiger partial charge in [-0.3, -0.25) is 14.2 Å². The predicted octanol–water partition coefficient (Wildman–Crippen LogP) is 4.57. The SMILES string of the molecule is O=C(CSc1nc2sc3c(c2c(=O)n1-c1ccccc1)CCCC3)N/N=C\c1ccccc1. The zero-order valence-electron chi connectivity index (χ0n) is 17.9. The molecular weight excluding hydrogens is 452 g/mol. The first-order valence-electron chi connectivity index (χ1n) is 10.8. The molecule has 2 aromatic heterocycles. The summed E-state index contributed by atoms with van der Waals surface area (Å²) in [7, 11) is 0. The van der Waals surface area contributed by atoms with E-state index in [0.29, 0.717) is 5.16 Å². The summed E-state index contributed by atoms with van der Waals surface area (Å²) in [5, 5.41) is 5.27. The van der Waals surface area contributed by atoms with Crippen molar-refractivity contribution in [3.63, 3.8) is 0 Å². The maximum atomic E-state index is 13.6. The fourth-order valence-electron chi connectivity index (χ4n) is 3.97. The molecule has 1 amide bonds. The topological polar surface area (TPSA) is 76.3 Å². The van der Waals surface area contributed by atoms with Gasteiger partial charge >= 0.3 is 0 Å². The zero-order chi connectivity index (χ0) is 22.6. The molecular formula is C25H22N4O2S2. The number of carbonyl (C=O) groups excluding carboxylic acids is 1. The highest BCUT2D eigenvalue weighted by molar-refractivity contribution is 7.99. The van der Waals surface area contributed by atoms with Crippen molar-refractivity contribution in [2.24, 2.45) is 5.10 Å². The largest absolute Gasteiger partial charge is 0.272 e. The summed E-state index contributed by atoms with van der Waals surface area (Å²) in [5.41, 5.74) is 5.30. The standard InChI is InChI=1S/C25H22N4O2S2/c30-21(28-26-15-17-9-3-1-4-10-17)16-32-25-27-23-22(19-13-7-8-14-20(19)33-23)24(31)29(25)18-11-5-2-6-12-18/h1-6,9-12,15H,7-8,13-14,16H2,(H,28,30)/b26-15-. The molecule has 2 aromatic carbocycles. The molecule has 4 aromatic rings. The Kier molecular flexibility index (Phi) is 6.37. The lowest BCUT2D eigenvalue weighted by atomic mass is 9.97. The number of thioether (sulfide) groups is 1. The predicted molar refractivity (Wildman–Crippen MR) is 135 cm³/mol. The van der Waals surface area contributed by atoms with Gasteiger partial charge in [-0.25, -0.2) is 10.4 Å². The number of para-hydroxylation sites is 1. The van der Waals surface area contributed by atoms with Crippen LogP contribution in [0.2, 0.25) is 0 Å². The highest BCUT2D eigenvalue weighted by Gasteiger charge is 2.23. The Morgan fingerprint density at radius 1 is 1.09 bits per heavy atom. The summed E-state index contributed by atoms with van der Waals surface area (Å²) >= 11 is 2.86. The number of hydrogen-bond acceptors (Lipinski definition) is 6. The van der Waals surface area contributed by atoms with Gasteiger partial charge in [0.1, 0.15) is 4.83 Å². The fraction of sp³-hybridized carbons (Fsp3) is 0.200. The summed E-state index contributed by atoms with van der Waals surface area (Å²) in [6, 6.07) is 19.0. The molecule has 33 heavy (non-hydrogen) atoms. The van der Waals surface area contributed by atoms with Crippen molar-refractivity contribution in [2.75, 3.05) is 5.75 Å². The molecule has 1 aliphatic rings. The fourth-order valence-corrected chi connectivity index (χ4v) is 6.08. The van der Waals surface area contributed by atoms with Crippen LogP contribution in [0.5, 0.6) is 0 Å². The van der Waals surface area contributed by atoms with Crippen LogP contribution in [0.25, 0.3) is 15.9 Å². The maximum absolute atomic E-state index is 13.6. The van der Waals surface area contributed by atoms with Crippen molar-refractivity contribution in [3.05, 3.63) is 87.0 Å². The van der Waals surface area contributed by atoms with Crippen LogP contribution in [0.1, 0.15) is 28.8 Å². The summed E-state index contributed by atoms with van der Waals surface area (Å²) in [6.07, 6.45) is 5.78. The first-order valence-corrected chi connectivity index (χ1v) is 12.6. The number of fused-ring (bicyclic) bond motifs is 3. The molecule has 1 N–H and O–H groups in total. The van der Waals surface area contributed by atoms with Gasteiger partial charge in [0.05, 0.1) is 23.0 Å². The van der Waals surface area contributed by atoms with Crippen molar-refractivity contribution in [1.82, 2.24) is 15.0 Å². The van der Waals surface area contributed by atoms with Crippen molar-refractivity contribution in [2.45, 2.75) is 30.8 Å². The summed E-state index contributed by atoms with van der Waals surface area (Å²) < 4.78 is 1.63. The number of aryl methyl sites for hydroxylation is 2. The minimum absolute atomic E-state index is 0.0596. The number of benzene rings is 2. The van der Waals surface area contributed by atoms with E-state index in [1.165, 1.54) is 16.6 Å². The number of nitrogens with one attached hydrogen (secondary N) is 1. The van der Waals surface area contributed by atoms with Crippen LogP contribution in [0.15, 0.2) is 75.7 Å². The Morgan fingerprint density at radius 2 is 1.82 bits per heavy atom. The molecule has 0 fully saturated rings. The van der Waals surface area contributed by atoms with Gasteiger partial charge in [-0.05, 0) is 48.9 Å². The molecule has 6 nitrogen and oxygen atoms in total. The maximum Gasteiger partial charge on any atom is 0.267 e. The average molecular weight is 475 g/mol. The number of rotatable bonds is 6. The smallest absolute Gasteiger partial charge is 0.267 e. The Hall–Kier alpha value is -3.23. The van der Waals surface area contributed by atoms with Crippen LogP contribution >= 0.6 is 23.1 Å². The lowest BCUT2D eigenvalue weighted by Gasteiger charge is -2.13. The van der Waals surface area contributed by atoms with Crippen molar-refractivity contribution in [3.8, 4) is 5.69 Å². The molecule has 2 heterocycles. The van der Waals surface area contributed by atoms with E-state index in [1.807, 2.05) is 60.7 Å². The third-order valence-electron chi connectivity index (χ3n) is 5.51. The lowest BCUT2D eigenvalue weighted by molar-refractivity contribution is -0.118. The van der Waals surface area contributed by atoms with Gasteiger partial charge in [-0.15, -0.1) is 11.3 Å². The van der Waals surface area contributed by atoms with Gasteiger partial charge in [-0.1, -0.05) is 60.3 Å². The molecule has 0 unspecified atom stereocenters. The van der Waals surface area contributed by atoms with E-state index < -0.39 is 0 Å². The molecule has 166 valence electrons. The highest BCUT2D eigenvalue weighted by Crippen LogP contribution is 2.35. The number of carbonyl (C=O) groups is 1. The van der Waals surface area contributed by atoms with Gasteiger partial charge in [0.25, 0.3) is 11.5 Å². The van der Waals surface area contributed by atoms with E-state index in [1.54, 1.807) is 22.1 Å². The Labute approximate surface area is 199 Å². The minimum Gasteiger partial charge on any atom is -0.272 e. The van der Waals surface area contributed by atoms with Crippen LogP contribution in [-0.4, -0.2) is 27.4 Å². The second kappa shape index (κ2) is 9.72. The average Bonchev–Trinajstić information content (AvgIpc) is 3.23. The number of thiophene rings is 1. The molecule has 0 atom stereocenters. The second-order valence-electron chi connectivity index (χ2n) is 7.75. The first-order chi connectivity index (χ1) is 16.2. The Balaban J connectivity index is 1.44. The number of amides is 1. The van der Waals surface area contributed by atoms with E-state index in [4.69, 9.17) is 4.98 Å². The minimum atomic E-state index is -0.258. The van der Waals surface area contributed by atoms with Gasteiger partial charge < -0.3 is 0 Å². The van der Waals surface area contributed by atoms with Gasteiger partial charge in [0.2, 0.25) is 0 Å². The molecule has 0 saturated carbocycles. The van der Waals surface area contributed by atoms with Crippen LogP contribution in [0.3, 0.4) is 0 Å². The van der Waals surface area contributed by atoms with Gasteiger partial charge in [0.15, 0.2) is 5.16 Å². The van der Waals surface area contributed by atoms with Gasteiger partial charge in [-0.2, -0.15) is 5.10 Å². The van der Waals surface area contributed by atoms with E-state index in [0.717, 1.165) is 52.7 Å². The Bertz CT molecular complexity index is 1380. The normalized spacial score (nSPS) is 13.3. The number of nitrogens with zero attached hydrogens (tertiary/aromatic N) is 3. The first kappa shape index (κ1) is 21.6. The number of hydrazone groups is 1. The molecule has 5 rings (SSSR count). The second-order valence-corrected chi connectivity index (χ2v) is 9.78. The van der Waals surface area contributed by atoms with E-state index in [2.05, 4.69) is 10.5 Å². The third kappa shape index (κ3) is 4.62. The molecule has 1 aliphatic carbocycles. The van der Waals surface area contributed by atoms with E-state index in [-0.39, 0.29) is 17.2 Å². The van der Waals surface area contributed by atoms with E-state index in [9.17, 15) is 9.59 Å². The molecule has 0 spiro atoms. The molecule has 8 heteroatoms. The van der Waals surface area contributed by atoms with Crippen LogP contribution in [-0.2, 0) is 17.6 Å². The quantitative estimate of drug-likeness (QED) is 0.192. The van der Waals surface area contributed by atoms with Crippen LogP contribution < -0.4 is 11.0 Å². The molecule has 0 saturated heterocycles. The number of aromatic nitrogens is 2. The molecule has 0 bridgehead atoms. The van der Waals surface area contributed by atoms with Crippen molar-refractivity contribution < 1.29 is 4.79 Å². The summed E-state index contributed by atoms with van der Waals surface area (Å²) in [6.45, 7) is 0. The zero-order valence-corrected chi connectivity index (χ0v) is 19.5. The van der Waals surface area contributed by atoms with Crippen molar-refractivity contribution >= 4 is 45.4 Å². The van der Waals surface area contributed by atoms with E-state index >= 15 is 0 Å². The molecule has 0 radical (unpaired) electrons. The van der Waals surface area contributed by atoms with Crippen LogP contribution in [0, 0.1) is 0 Å². The highest BCUT2D eigenvalue weighted by atomic mass is 32.2. The monoisotopic (exact) mass is 474 g/mol. The van der Waals surface area contributed by atoms with Crippen LogP contribution in [0.4, 0.5) is 0 Å². The Morgan fingerprint density at radius 3 is 2.61 bits per heavy atom. The summed E-state index contributed by atoms with van der Waals surface area (Å²) in [4.78, 5) is 32.9. The van der Waals surface area contributed by atoms with Crippen molar-refractivity contribution in [1.29, 1.82) is 0 Å². The van der Waals surface area contributed by atoms with Gasteiger partial charge in [0, 0.05) is 4.88 Å². The third-order valence-corrected chi connectivity index (χ3v) is 7.63.